The van der Waals surface area contributed by atoms with Gasteiger partial charge in [-0.05, 0) is 63.1 Å². The molecule has 36 heavy (non-hydrogen) atoms. The Bertz CT molecular complexity index is 1220. The minimum absolute atomic E-state index is 0.0656. The molecule has 9 nitrogen and oxygen atoms in total. The molecule has 0 aliphatic carbocycles. The molecule has 1 aliphatic rings. The standard InChI is InChI=1S/C26H35FN4O5/c1-15-11-16(7-8-18(15)27)12-28-22(33)19-20(32)23(34)31-14-26(5,6)10-9-17(21(31)30-19)13-29-24(35)36-25(2,3)4/h7-8,11,17,32H,9-10,12-14H2,1-6H3,(H,28,33)(H,29,35). The third-order valence-electron chi connectivity index (χ3n) is 6.08. The molecular formula is C26H35FN4O5. The Morgan fingerprint density at radius 3 is 2.61 bits per heavy atom. The summed E-state index contributed by atoms with van der Waals surface area (Å²) in [4.78, 5) is 42.7. The predicted molar refractivity (Wildman–Crippen MR) is 132 cm³/mol. The number of halogens is 1. The molecule has 1 atom stereocenters. The van der Waals surface area contributed by atoms with E-state index in [0.717, 1.165) is 6.42 Å². The van der Waals surface area contributed by atoms with Crippen molar-refractivity contribution in [3.63, 3.8) is 0 Å². The Morgan fingerprint density at radius 2 is 1.97 bits per heavy atom. The molecule has 0 bridgehead atoms. The molecule has 1 aliphatic heterocycles. The van der Waals surface area contributed by atoms with Gasteiger partial charge in [-0.3, -0.25) is 14.2 Å². The summed E-state index contributed by atoms with van der Waals surface area (Å²) in [5.74, 6) is -1.86. The minimum Gasteiger partial charge on any atom is -0.501 e. The average Bonchev–Trinajstić information content (AvgIpc) is 2.89. The van der Waals surface area contributed by atoms with E-state index in [0.29, 0.717) is 29.9 Å². The van der Waals surface area contributed by atoms with Crippen molar-refractivity contribution in [2.24, 2.45) is 5.41 Å². The average molecular weight is 503 g/mol. The Morgan fingerprint density at radius 1 is 1.28 bits per heavy atom. The second-order valence-electron chi connectivity index (χ2n) is 11.1. The molecule has 3 rings (SSSR count). The quantitative estimate of drug-likeness (QED) is 0.572. The van der Waals surface area contributed by atoms with E-state index in [-0.39, 0.29) is 35.9 Å². The first kappa shape index (κ1) is 27.2. The minimum atomic E-state index is -0.733. The second kappa shape index (κ2) is 10.3. The van der Waals surface area contributed by atoms with Gasteiger partial charge in [0.15, 0.2) is 5.69 Å². The van der Waals surface area contributed by atoms with Crippen molar-refractivity contribution in [3.8, 4) is 5.75 Å². The summed E-state index contributed by atoms with van der Waals surface area (Å²) >= 11 is 0. The first-order chi connectivity index (χ1) is 16.7. The van der Waals surface area contributed by atoms with Crippen molar-refractivity contribution < 1.29 is 23.8 Å². The zero-order valence-corrected chi connectivity index (χ0v) is 21.7. The van der Waals surface area contributed by atoms with E-state index in [4.69, 9.17) is 4.74 Å². The van der Waals surface area contributed by atoms with Crippen LogP contribution in [0.15, 0.2) is 23.0 Å². The normalized spacial score (nSPS) is 17.0. The molecule has 2 heterocycles. The number of nitrogens with one attached hydrogen (secondary N) is 2. The van der Waals surface area contributed by atoms with Crippen LogP contribution in [0.2, 0.25) is 0 Å². The van der Waals surface area contributed by atoms with Crippen LogP contribution in [-0.2, 0) is 17.8 Å². The number of alkyl carbamates (subject to hydrolysis) is 1. The van der Waals surface area contributed by atoms with Gasteiger partial charge >= 0.3 is 6.09 Å². The largest absolute Gasteiger partial charge is 0.501 e. The molecule has 3 N–H and O–H groups in total. The number of aryl methyl sites for hydroxylation is 1. The van der Waals surface area contributed by atoms with E-state index in [1.807, 2.05) is 13.8 Å². The SMILES string of the molecule is Cc1cc(CNC(=O)c2nc3n(c(=O)c2O)CC(C)(C)CCC3CNC(=O)OC(C)(C)C)ccc1F. The van der Waals surface area contributed by atoms with E-state index in [1.165, 1.54) is 10.6 Å². The van der Waals surface area contributed by atoms with E-state index < -0.39 is 28.9 Å². The van der Waals surface area contributed by atoms with Gasteiger partial charge in [0.2, 0.25) is 5.75 Å². The summed E-state index contributed by atoms with van der Waals surface area (Å²) in [6.07, 6.45) is 0.754. The van der Waals surface area contributed by atoms with E-state index >= 15 is 0 Å². The van der Waals surface area contributed by atoms with Crippen LogP contribution in [-0.4, -0.2) is 38.8 Å². The molecule has 1 aromatic heterocycles. The van der Waals surface area contributed by atoms with Crippen LogP contribution >= 0.6 is 0 Å². The van der Waals surface area contributed by atoms with Crippen LogP contribution in [0.1, 0.15) is 80.8 Å². The third kappa shape index (κ3) is 6.61. The van der Waals surface area contributed by atoms with Crippen LogP contribution in [0.5, 0.6) is 5.75 Å². The first-order valence-electron chi connectivity index (χ1n) is 12.0. The summed E-state index contributed by atoms with van der Waals surface area (Å²) in [5.41, 5.74) is -0.921. The number of nitrogens with zero attached hydrogens (tertiary/aromatic N) is 2. The molecule has 1 unspecified atom stereocenters. The molecule has 0 spiro atoms. The van der Waals surface area contributed by atoms with Crippen molar-refractivity contribution in [1.29, 1.82) is 0 Å². The summed E-state index contributed by atoms with van der Waals surface area (Å²) in [6.45, 7) is 11.4. The molecule has 10 heteroatoms. The van der Waals surface area contributed by atoms with Crippen LogP contribution in [0.25, 0.3) is 0 Å². The zero-order valence-electron chi connectivity index (χ0n) is 21.7. The number of amides is 2. The summed E-state index contributed by atoms with van der Waals surface area (Å²) in [7, 11) is 0. The highest BCUT2D eigenvalue weighted by Crippen LogP contribution is 2.34. The monoisotopic (exact) mass is 502 g/mol. The number of fused-ring (bicyclic) bond motifs is 1. The lowest BCUT2D eigenvalue weighted by Gasteiger charge is -2.23. The van der Waals surface area contributed by atoms with Gasteiger partial charge < -0.3 is 20.5 Å². The Labute approximate surface area is 210 Å². The molecule has 1 aromatic carbocycles. The van der Waals surface area contributed by atoms with E-state index in [1.54, 1.807) is 39.8 Å². The lowest BCUT2D eigenvalue weighted by Crippen LogP contribution is -2.37. The van der Waals surface area contributed by atoms with Crippen LogP contribution in [0, 0.1) is 18.2 Å². The maximum Gasteiger partial charge on any atom is 0.407 e. The fourth-order valence-corrected chi connectivity index (χ4v) is 4.18. The Balaban J connectivity index is 1.89. The van der Waals surface area contributed by atoms with Crippen molar-refractivity contribution >= 4 is 12.0 Å². The van der Waals surface area contributed by atoms with E-state index in [2.05, 4.69) is 15.6 Å². The Kier molecular flexibility index (Phi) is 7.76. The van der Waals surface area contributed by atoms with E-state index in [9.17, 15) is 23.9 Å². The number of rotatable bonds is 5. The van der Waals surface area contributed by atoms with Gasteiger partial charge in [-0.25, -0.2) is 14.2 Å². The number of carbonyl (C=O) groups is 2. The second-order valence-corrected chi connectivity index (χ2v) is 11.1. The maximum atomic E-state index is 13.5. The van der Waals surface area contributed by atoms with Gasteiger partial charge in [-0.2, -0.15) is 0 Å². The van der Waals surface area contributed by atoms with Crippen molar-refractivity contribution in [2.75, 3.05) is 6.54 Å². The number of hydrogen-bond acceptors (Lipinski definition) is 6. The van der Waals surface area contributed by atoms with Gasteiger partial charge in [0.05, 0.1) is 0 Å². The summed E-state index contributed by atoms with van der Waals surface area (Å²) in [5, 5.41) is 16.0. The zero-order chi connectivity index (χ0) is 26.8. The fraction of sp³-hybridized carbons (Fsp3) is 0.538. The smallest absolute Gasteiger partial charge is 0.407 e. The third-order valence-corrected chi connectivity index (χ3v) is 6.08. The molecule has 196 valence electrons. The first-order valence-corrected chi connectivity index (χ1v) is 12.0. The van der Waals surface area contributed by atoms with Gasteiger partial charge in [0, 0.05) is 25.6 Å². The molecule has 0 saturated heterocycles. The van der Waals surface area contributed by atoms with Crippen LogP contribution in [0.4, 0.5) is 9.18 Å². The van der Waals surface area contributed by atoms with Gasteiger partial charge in [-0.15, -0.1) is 0 Å². The highest BCUT2D eigenvalue weighted by atomic mass is 19.1. The van der Waals surface area contributed by atoms with Gasteiger partial charge in [0.25, 0.3) is 11.5 Å². The highest BCUT2D eigenvalue weighted by Gasteiger charge is 2.33. The maximum absolute atomic E-state index is 13.5. The number of carbonyl (C=O) groups excluding carboxylic acids is 2. The molecule has 2 amide bonds. The molecule has 0 saturated carbocycles. The number of ether oxygens (including phenoxy) is 1. The number of hydrogen-bond donors (Lipinski definition) is 3. The summed E-state index contributed by atoms with van der Waals surface area (Å²) in [6, 6.07) is 4.46. The molecule has 0 fully saturated rings. The predicted octanol–water partition coefficient (Wildman–Crippen LogP) is 3.75. The van der Waals surface area contributed by atoms with Crippen LogP contribution in [0.3, 0.4) is 0 Å². The molecule has 2 aromatic rings. The lowest BCUT2D eigenvalue weighted by molar-refractivity contribution is 0.0523. The lowest BCUT2D eigenvalue weighted by atomic mass is 9.86. The number of aromatic hydroxyl groups is 1. The topological polar surface area (TPSA) is 123 Å². The number of benzene rings is 1. The van der Waals surface area contributed by atoms with Crippen molar-refractivity contribution in [2.45, 2.75) is 79.0 Å². The summed E-state index contributed by atoms with van der Waals surface area (Å²) < 4.78 is 20.2. The number of aromatic nitrogens is 2. The van der Waals surface area contributed by atoms with Gasteiger partial charge in [0.1, 0.15) is 17.2 Å². The fourth-order valence-electron chi connectivity index (χ4n) is 4.18. The van der Waals surface area contributed by atoms with Crippen LogP contribution < -0.4 is 16.2 Å². The highest BCUT2D eigenvalue weighted by molar-refractivity contribution is 5.94. The Hall–Kier alpha value is -3.43. The van der Waals surface area contributed by atoms with Crippen molar-refractivity contribution in [3.05, 3.63) is 57.0 Å². The van der Waals surface area contributed by atoms with Crippen molar-refractivity contribution in [1.82, 2.24) is 20.2 Å². The molecule has 0 radical (unpaired) electrons. The van der Waals surface area contributed by atoms with Gasteiger partial charge in [-0.1, -0.05) is 26.0 Å². The molecular weight excluding hydrogens is 467 g/mol.